The van der Waals surface area contributed by atoms with Crippen LogP contribution >= 0.6 is 0 Å². The van der Waals surface area contributed by atoms with Crippen molar-refractivity contribution < 1.29 is 13.5 Å². The first kappa shape index (κ1) is 17.1. The molecule has 3 heterocycles. The monoisotopic (exact) mass is 365 g/mol. The number of aryl methyl sites for hydroxylation is 2. The van der Waals surface area contributed by atoms with E-state index in [4.69, 9.17) is 4.74 Å². The van der Waals surface area contributed by atoms with Crippen molar-refractivity contribution in [3.63, 3.8) is 0 Å². The maximum absolute atomic E-state index is 13.9. The van der Waals surface area contributed by atoms with Crippen LogP contribution in [0.4, 0.5) is 8.78 Å². The summed E-state index contributed by atoms with van der Waals surface area (Å²) >= 11 is 0. The number of pyridine rings is 2. The molecule has 3 aromatic heterocycles. The maximum Gasteiger partial charge on any atom is 0.180 e. The molecule has 0 radical (unpaired) electrons. The van der Waals surface area contributed by atoms with E-state index < -0.39 is 11.6 Å². The molecular weight excluding hydrogens is 348 g/mol. The molecule has 4 aromatic rings. The van der Waals surface area contributed by atoms with E-state index in [9.17, 15) is 8.78 Å². The smallest absolute Gasteiger partial charge is 0.180 e. The zero-order chi connectivity index (χ0) is 19.0. The fraction of sp³-hybridized carbons (Fsp3) is 0.143. The minimum Gasteiger partial charge on any atom is -0.485 e. The van der Waals surface area contributed by atoms with Gasteiger partial charge < -0.3 is 4.74 Å². The lowest BCUT2D eigenvalue weighted by Crippen LogP contribution is -2.03. The van der Waals surface area contributed by atoms with E-state index in [-0.39, 0.29) is 12.2 Å². The minimum absolute atomic E-state index is 0.104. The number of hydrogen-bond acceptors (Lipinski definition) is 3. The van der Waals surface area contributed by atoms with Crippen LogP contribution < -0.4 is 4.74 Å². The van der Waals surface area contributed by atoms with Gasteiger partial charge in [0.05, 0.1) is 17.0 Å². The number of halogens is 2. The summed E-state index contributed by atoms with van der Waals surface area (Å²) in [5.74, 6) is -0.792. The van der Waals surface area contributed by atoms with E-state index in [0.717, 1.165) is 22.5 Å². The van der Waals surface area contributed by atoms with Crippen molar-refractivity contribution in [1.29, 1.82) is 0 Å². The second-order valence-electron chi connectivity index (χ2n) is 6.35. The Bertz CT molecular complexity index is 1100. The number of nitrogens with zero attached hydrogens (tertiary/aromatic N) is 3. The molecule has 0 fully saturated rings. The molecule has 0 bridgehead atoms. The van der Waals surface area contributed by atoms with Crippen molar-refractivity contribution in [3.8, 4) is 17.0 Å². The van der Waals surface area contributed by atoms with Crippen molar-refractivity contribution in [3.05, 3.63) is 83.4 Å². The molecule has 0 saturated carbocycles. The highest BCUT2D eigenvalue weighted by Crippen LogP contribution is 2.30. The number of hydrogen-bond donors (Lipinski definition) is 0. The summed E-state index contributed by atoms with van der Waals surface area (Å²) in [6, 6.07) is 9.40. The lowest BCUT2D eigenvalue weighted by atomic mass is 10.2. The molecule has 0 aliphatic heterocycles. The molecule has 27 heavy (non-hydrogen) atoms. The Morgan fingerprint density at radius 2 is 1.85 bits per heavy atom. The van der Waals surface area contributed by atoms with Crippen LogP contribution in [-0.2, 0) is 6.61 Å². The van der Waals surface area contributed by atoms with Gasteiger partial charge in [-0.15, -0.1) is 0 Å². The highest BCUT2D eigenvalue weighted by atomic mass is 19.1. The van der Waals surface area contributed by atoms with Crippen LogP contribution in [0.2, 0.25) is 0 Å². The van der Waals surface area contributed by atoms with Crippen LogP contribution in [0.1, 0.15) is 16.8 Å². The van der Waals surface area contributed by atoms with E-state index in [2.05, 4.69) is 9.97 Å². The SMILES string of the molecule is Cc1cc(OCc2c(F)cccc2F)c2nc(C)c(-c3cccnc3)n2c1. The molecule has 0 saturated heterocycles. The molecule has 136 valence electrons. The lowest BCUT2D eigenvalue weighted by Gasteiger charge is -2.11. The van der Waals surface area contributed by atoms with Gasteiger partial charge in [-0.3, -0.25) is 9.38 Å². The summed E-state index contributed by atoms with van der Waals surface area (Å²) < 4.78 is 35.5. The van der Waals surface area contributed by atoms with Crippen molar-refractivity contribution in [2.24, 2.45) is 0 Å². The van der Waals surface area contributed by atoms with Crippen LogP contribution in [0.15, 0.2) is 55.0 Å². The highest BCUT2D eigenvalue weighted by molar-refractivity contribution is 5.70. The number of imidazole rings is 1. The van der Waals surface area contributed by atoms with Crippen LogP contribution in [0.3, 0.4) is 0 Å². The van der Waals surface area contributed by atoms with Crippen molar-refractivity contribution in [2.45, 2.75) is 20.5 Å². The molecule has 4 nitrogen and oxygen atoms in total. The fourth-order valence-corrected chi connectivity index (χ4v) is 3.13. The van der Waals surface area contributed by atoms with Crippen LogP contribution in [0, 0.1) is 25.5 Å². The van der Waals surface area contributed by atoms with Gasteiger partial charge in [0.2, 0.25) is 0 Å². The third kappa shape index (κ3) is 3.14. The maximum atomic E-state index is 13.9. The van der Waals surface area contributed by atoms with Gasteiger partial charge >= 0.3 is 0 Å². The Kier molecular flexibility index (Phi) is 4.32. The van der Waals surface area contributed by atoms with Crippen LogP contribution in [0.25, 0.3) is 16.9 Å². The Hall–Kier alpha value is -3.28. The van der Waals surface area contributed by atoms with Gasteiger partial charge in [-0.2, -0.15) is 0 Å². The molecule has 0 N–H and O–H groups in total. The average Bonchev–Trinajstić information content (AvgIpc) is 2.97. The molecule has 0 atom stereocenters. The number of benzene rings is 1. The van der Waals surface area contributed by atoms with Crippen LogP contribution in [-0.4, -0.2) is 14.4 Å². The third-order valence-electron chi connectivity index (χ3n) is 4.37. The normalized spacial score (nSPS) is 11.1. The average molecular weight is 365 g/mol. The predicted molar refractivity (Wildman–Crippen MR) is 98.6 cm³/mol. The number of fused-ring (bicyclic) bond motifs is 1. The minimum atomic E-state index is -0.630. The second kappa shape index (κ2) is 6.79. The van der Waals surface area contributed by atoms with Gasteiger partial charge in [-0.25, -0.2) is 13.8 Å². The van der Waals surface area contributed by atoms with Gasteiger partial charge in [0.1, 0.15) is 18.2 Å². The summed E-state index contributed by atoms with van der Waals surface area (Å²) in [5, 5.41) is 0. The first-order valence-corrected chi connectivity index (χ1v) is 8.50. The lowest BCUT2D eigenvalue weighted by molar-refractivity contribution is 0.294. The summed E-state index contributed by atoms with van der Waals surface area (Å²) in [5.41, 5.74) is 4.08. The second-order valence-corrected chi connectivity index (χ2v) is 6.35. The van der Waals surface area contributed by atoms with E-state index in [0.29, 0.717) is 11.4 Å². The quantitative estimate of drug-likeness (QED) is 0.518. The number of ether oxygens (including phenoxy) is 1. The molecule has 0 aliphatic carbocycles. The summed E-state index contributed by atoms with van der Waals surface area (Å²) in [7, 11) is 0. The fourth-order valence-electron chi connectivity index (χ4n) is 3.13. The molecule has 4 rings (SSSR count). The van der Waals surface area contributed by atoms with Gasteiger partial charge in [0.15, 0.2) is 11.4 Å². The van der Waals surface area contributed by atoms with Gasteiger partial charge in [0, 0.05) is 24.2 Å². The topological polar surface area (TPSA) is 39.4 Å². The van der Waals surface area contributed by atoms with E-state index >= 15 is 0 Å². The first-order chi connectivity index (χ1) is 13.0. The molecular formula is C21H17F2N3O. The molecule has 6 heteroatoms. The molecule has 0 amide bonds. The summed E-state index contributed by atoms with van der Waals surface area (Å²) in [6.45, 7) is 3.62. The zero-order valence-corrected chi connectivity index (χ0v) is 14.9. The number of aromatic nitrogens is 3. The largest absolute Gasteiger partial charge is 0.485 e. The highest BCUT2D eigenvalue weighted by Gasteiger charge is 2.16. The molecule has 0 aliphatic rings. The molecule has 0 unspecified atom stereocenters. The van der Waals surface area contributed by atoms with Gasteiger partial charge in [-0.05, 0) is 49.7 Å². The molecule has 0 spiro atoms. The van der Waals surface area contributed by atoms with E-state index in [1.165, 1.54) is 18.2 Å². The Balaban J connectivity index is 1.78. The zero-order valence-electron chi connectivity index (χ0n) is 14.9. The summed E-state index contributed by atoms with van der Waals surface area (Å²) in [4.78, 5) is 8.78. The Morgan fingerprint density at radius 1 is 1.07 bits per heavy atom. The van der Waals surface area contributed by atoms with Crippen LogP contribution in [0.5, 0.6) is 5.75 Å². The first-order valence-electron chi connectivity index (χ1n) is 8.50. The summed E-state index contributed by atoms with van der Waals surface area (Å²) in [6.07, 6.45) is 5.44. The van der Waals surface area contributed by atoms with Crippen molar-refractivity contribution in [2.75, 3.05) is 0 Å². The third-order valence-corrected chi connectivity index (χ3v) is 4.37. The number of rotatable bonds is 4. The Morgan fingerprint density at radius 3 is 2.56 bits per heavy atom. The standard InChI is InChI=1S/C21H17F2N3O/c1-13-9-19(27-12-16-17(22)6-3-7-18(16)23)21-25-14(2)20(26(21)11-13)15-5-4-8-24-10-15/h3-11H,12H2,1-2H3. The van der Waals surface area contributed by atoms with Gasteiger partial charge in [-0.1, -0.05) is 6.07 Å². The molecule has 1 aromatic carbocycles. The predicted octanol–water partition coefficient (Wildman–Crippen LogP) is 4.87. The Labute approximate surface area is 155 Å². The van der Waals surface area contributed by atoms with Crippen molar-refractivity contribution >= 4 is 5.65 Å². The van der Waals surface area contributed by atoms with Gasteiger partial charge in [0.25, 0.3) is 0 Å². The van der Waals surface area contributed by atoms with E-state index in [1.807, 2.05) is 42.6 Å². The van der Waals surface area contributed by atoms with E-state index in [1.54, 1.807) is 12.4 Å². The van der Waals surface area contributed by atoms with Crippen molar-refractivity contribution in [1.82, 2.24) is 14.4 Å².